The summed E-state index contributed by atoms with van der Waals surface area (Å²) in [5.41, 5.74) is 3.56. The number of benzene rings is 2. The Kier molecular flexibility index (Phi) is 4.29. The molecule has 0 aliphatic carbocycles. The predicted octanol–water partition coefficient (Wildman–Crippen LogP) is 5.16. The van der Waals surface area contributed by atoms with Crippen LogP contribution >= 0.6 is 11.6 Å². The second-order valence-electron chi connectivity index (χ2n) is 6.67. The van der Waals surface area contributed by atoms with Crippen molar-refractivity contribution in [1.82, 2.24) is 4.98 Å². The predicted molar refractivity (Wildman–Crippen MR) is 105 cm³/mol. The van der Waals surface area contributed by atoms with Crippen molar-refractivity contribution in [1.29, 1.82) is 0 Å². The van der Waals surface area contributed by atoms with Crippen LogP contribution in [0.1, 0.15) is 28.8 Å². The molecular weight excluding hydrogens is 348 g/mol. The Balaban J connectivity index is 2.15. The van der Waals surface area contributed by atoms with Gasteiger partial charge in [0, 0.05) is 29.1 Å². The molecular formula is C21H19ClN2O2. The summed E-state index contributed by atoms with van der Waals surface area (Å²) in [6.45, 7) is 3.63. The van der Waals surface area contributed by atoms with Gasteiger partial charge in [0.2, 0.25) is 0 Å². The maximum Gasteiger partial charge on any atom is 0.340 e. The SMILES string of the molecule is Cc1cc(Cl)cc2c(-c3ccccc3)c(C(=O)O)c(N3CCCC3)nc12. The van der Waals surface area contributed by atoms with Crippen molar-refractivity contribution in [3.63, 3.8) is 0 Å². The molecule has 1 fully saturated rings. The smallest absolute Gasteiger partial charge is 0.340 e. The third-order valence-electron chi connectivity index (χ3n) is 4.91. The maximum atomic E-state index is 12.3. The topological polar surface area (TPSA) is 53.4 Å². The molecule has 5 heteroatoms. The summed E-state index contributed by atoms with van der Waals surface area (Å²) in [5.74, 6) is -0.399. The molecule has 0 bridgehead atoms. The maximum absolute atomic E-state index is 12.3. The summed E-state index contributed by atoms with van der Waals surface area (Å²) in [7, 11) is 0. The quantitative estimate of drug-likeness (QED) is 0.695. The number of pyridine rings is 1. The van der Waals surface area contributed by atoms with Crippen LogP contribution in [0.2, 0.25) is 5.02 Å². The third kappa shape index (κ3) is 2.80. The van der Waals surface area contributed by atoms with Crippen molar-refractivity contribution in [2.45, 2.75) is 19.8 Å². The first-order valence-electron chi connectivity index (χ1n) is 8.74. The number of carboxylic acid groups (broad SMARTS) is 1. The van der Waals surface area contributed by atoms with Gasteiger partial charge in [-0.1, -0.05) is 41.9 Å². The van der Waals surface area contributed by atoms with Crippen LogP contribution < -0.4 is 4.90 Å². The van der Waals surface area contributed by atoms with Crippen LogP contribution in [0, 0.1) is 6.92 Å². The number of halogens is 1. The summed E-state index contributed by atoms with van der Waals surface area (Å²) >= 11 is 6.30. The molecule has 4 rings (SSSR count). The number of rotatable bonds is 3. The van der Waals surface area contributed by atoms with E-state index in [9.17, 15) is 9.90 Å². The van der Waals surface area contributed by atoms with Crippen molar-refractivity contribution < 1.29 is 9.90 Å². The number of hydrogen-bond acceptors (Lipinski definition) is 3. The number of aromatic carboxylic acids is 1. The molecule has 0 unspecified atom stereocenters. The van der Waals surface area contributed by atoms with Crippen LogP contribution in [0.25, 0.3) is 22.0 Å². The first-order valence-corrected chi connectivity index (χ1v) is 9.11. The summed E-state index contributed by atoms with van der Waals surface area (Å²) in [6, 6.07) is 13.3. The molecule has 2 heterocycles. The Morgan fingerprint density at radius 1 is 1.15 bits per heavy atom. The van der Waals surface area contributed by atoms with Gasteiger partial charge in [-0.25, -0.2) is 9.78 Å². The standard InChI is InChI=1S/C21H19ClN2O2/c1-13-11-15(22)12-16-17(14-7-3-2-4-8-14)18(21(25)26)20(23-19(13)16)24-9-5-6-10-24/h2-4,7-8,11-12H,5-6,9-10H2,1H3,(H,25,26). The van der Waals surface area contributed by atoms with Gasteiger partial charge >= 0.3 is 5.97 Å². The van der Waals surface area contributed by atoms with Gasteiger partial charge in [0.05, 0.1) is 5.52 Å². The average molecular weight is 367 g/mol. The second-order valence-corrected chi connectivity index (χ2v) is 7.11. The van der Waals surface area contributed by atoms with Crippen LogP contribution in [0.3, 0.4) is 0 Å². The molecule has 3 aromatic rings. The number of nitrogens with zero attached hydrogens (tertiary/aromatic N) is 2. The zero-order valence-corrected chi connectivity index (χ0v) is 15.3. The minimum atomic E-state index is -0.960. The van der Waals surface area contributed by atoms with Crippen LogP contribution in [-0.4, -0.2) is 29.1 Å². The number of fused-ring (bicyclic) bond motifs is 1. The molecule has 0 spiro atoms. The van der Waals surface area contributed by atoms with Gasteiger partial charge in [-0.05, 0) is 43.0 Å². The van der Waals surface area contributed by atoms with Crippen LogP contribution in [0.15, 0.2) is 42.5 Å². The highest BCUT2D eigenvalue weighted by atomic mass is 35.5. The van der Waals surface area contributed by atoms with E-state index in [4.69, 9.17) is 16.6 Å². The van der Waals surface area contributed by atoms with Gasteiger partial charge in [-0.15, -0.1) is 0 Å². The molecule has 1 N–H and O–H groups in total. The molecule has 4 nitrogen and oxygen atoms in total. The van der Waals surface area contributed by atoms with Crippen molar-refractivity contribution in [3.05, 3.63) is 58.6 Å². The highest BCUT2D eigenvalue weighted by Crippen LogP contribution is 2.39. The Labute approximate surface area is 157 Å². The lowest BCUT2D eigenvalue weighted by Gasteiger charge is -2.23. The van der Waals surface area contributed by atoms with E-state index in [0.717, 1.165) is 48.0 Å². The van der Waals surface area contributed by atoms with Crippen molar-refractivity contribution >= 4 is 34.3 Å². The number of hydrogen-bond donors (Lipinski definition) is 1. The van der Waals surface area contributed by atoms with Crippen molar-refractivity contribution in [2.24, 2.45) is 0 Å². The lowest BCUT2D eigenvalue weighted by Crippen LogP contribution is -2.23. The van der Waals surface area contributed by atoms with Gasteiger partial charge < -0.3 is 10.0 Å². The van der Waals surface area contributed by atoms with Gasteiger partial charge in [-0.2, -0.15) is 0 Å². The van der Waals surface area contributed by atoms with Crippen LogP contribution in [0.5, 0.6) is 0 Å². The monoisotopic (exact) mass is 366 g/mol. The summed E-state index contributed by atoms with van der Waals surface area (Å²) in [6.07, 6.45) is 2.11. The minimum absolute atomic E-state index is 0.257. The molecule has 1 aliphatic heterocycles. The summed E-state index contributed by atoms with van der Waals surface area (Å²) in [4.78, 5) is 19.2. The number of carbonyl (C=O) groups is 1. The number of aryl methyl sites for hydroxylation is 1. The van der Waals surface area contributed by atoms with Gasteiger partial charge in [-0.3, -0.25) is 0 Å². The molecule has 0 atom stereocenters. The molecule has 0 amide bonds. The zero-order valence-electron chi connectivity index (χ0n) is 14.5. The van der Waals surface area contributed by atoms with E-state index < -0.39 is 5.97 Å². The molecule has 1 aliphatic rings. The van der Waals surface area contributed by atoms with E-state index in [1.807, 2.05) is 49.4 Å². The van der Waals surface area contributed by atoms with Gasteiger partial charge in [0.15, 0.2) is 0 Å². The minimum Gasteiger partial charge on any atom is -0.478 e. The van der Waals surface area contributed by atoms with E-state index in [1.165, 1.54) is 0 Å². The number of anilines is 1. The number of carboxylic acids is 1. The van der Waals surface area contributed by atoms with E-state index in [0.29, 0.717) is 16.4 Å². The molecule has 0 radical (unpaired) electrons. The summed E-state index contributed by atoms with van der Waals surface area (Å²) in [5, 5.41) is 11.4. The third-order valence-corrected chi connectivity index (χ3v) is 5.13. The normalized spacial score (nSPS) is 14.2. The van der Waals surface area contributed by atoms with E-state index in [1.54, 1.807) is 0 Å². The highest BCUT2D eigenvalue weighted by Gasteiger charge is 2.27. The molecule has 2 aromatic carbocycles. The first-order chi connectivity index (χ1) is 12.6. The lowest BCUT2D eigenvalue weighted by atomic mass is 9.94. The van der Waals surface area contributed by atoms with E-state index in [2.05, 4.69) is 4.90 Å². The van der Waals surface area contributed by atoms with Crippen molar-refractivity contribution in [3.8, 4) is 11.1 Å². The van der Waals surface area contributed by atoms with Crippen molar-refractivity contribution in [2.75, 3.05) is 18.0 Å². The fraction of sp³-hybridized carbons (Fsp3) is 0.238. The fourth-order valence-corrected chi connectivity index (χ4v) is 4.02. The number of aromatic nitrogens is 1. The first kappa shape index (κ1) is 16.9. The lowest BCUT2D eigenvalue weighted by molar-refractivity contribution is 0.0698. The van der Waals surface area contributed by atoms with E-state index in [-0.39, 0.29) is 5.56 Å². The Hall–Kier alpha value is -2.59. The second kappa shape index (κ2) is 6.61. The zero-order chi connectivity index (χ0) is 18.3. The fourth-order valence-electron chi connectivity index (χ4n) is 3.75. The summed E-state index contributed by atoms with van der Waals surface area (Å²) < 4.78 is 0. The Bertz CT molecular complexity index is 996. The Morgan fingerprint density at radius 3 is 2.50 bits per heavy atom. The average Bonchev–Trinajstić information content (AvgIpc) is 3.15. The van der Waals surface area contributed by atoms with Gasteiger partial charge in [0.25, 0.3) is 0 Å². The van der Waals surface area contributed by atoms with Crippen LogP contribution in [-0.2, 0) is 0 Å². The van der Waals surface area contributed by atoms with E-state index >= 15 is 0 Å². The largest absolute Gasteiger partial charge is 0.478 e. The Morgan fingerprint density at radius 2 is 1.85 bits per heavy atom. The molecule has 0 saturated carbocycles. The molecule has 1 aromatic heterocycles. The highest BCUT2D eigenvalue weighted by molar-refractivity contribution is 6.31. The molecule has 132 valence electrons. The molecule has 26 heavy (non-hydrogen) atoms. The molecule has 1 saturated heterocycles. The van der Waals surface area contributed by atoms with Crippen LogP contribution in [0.4, 0.5) is 5.82 Å². The van der Waals surface area contributed by atoms with Gasteiger partial charge in [0.1, 0.15) is 11.4 Å².